The zero-order valence-corrected chi connectivity index (χ0v) is 13.4. The van der Waals surface area contributed by atoms with Crippen molar-refractivity contribution in [2.45, 2.75) is 26.8 Å². The zero-order chi connectivity index (χ0) is 15.2. The molecule has 0 fully saturated rings. The Morgan fingerprint density at radius 2 is 2.14 bits per heavy atom. The predicted octanol–water partition coefficient (Wildman–Crippen LogP) is 3.39. The number of hydrogen-bond donors (Lipinski definition) is 1. The Hall–Kier alpha value is -1.81. The number of methoxy groups -OCH3 is 1. The summed E-state index contributed by atoms with van der Waals surface area (Å²) in [6.45, 7) is 9.63. The van der Waals surface area contributed by atoms with Crippen LogP contribution in [0.1, 0.15) is 20.8 Å². The molecule has 4 nitrogen and oxygen atoms in total. The molecular weight excluding hydrogens is 262 g/mol. The summed E-state index contributed by atoms with van der Waals surface area (Å²) in [5.74, 6) is 0.856. The van der Waals surface area contributed by atoms with Crippen LogP contribution in [0.3, 0.4) is 0 Å². The average Bonchev–Trinajstić information content (AvgIpc) is 2.50. The van der Waals surface area contributed by atoms with Crippen LogP contribution >= 0.6 is 0 Å². The number of ether oxygens (including phenoxy) is 1. The molecule has 2 rings (SSSR count). The first-order valence-corrected chi connectivity index (χ1v) is 7.56. The number of likely N-dealkylation sites (N-methyl/N-ethyl adjacent to an activating group) is 1. The third kappa shape index (κ3) is 3.85. The first kappa shape index (κ1) is 15.6. The van der Waals surface area contributed by atoms with Crippen molar-refractivity contribution in [3.05, 3.63) is 30.5 Å². The lowest BCUT2D eigenvalue weighted by molar-refractivity contribution is 0.243. The smallest absolute Gasteiger partial charge is 0.121 e. The Bertz CT molecular complexity index is 583. The van der Waals surface area contributed by atoms with E-state index in [1.807, 2.05) is 24.4 Å². The van der Waals surface area contributed by atoms with Gasteiger partial charge >= 0.3 is 0 Å². The molecule has 1 aromatic carbocycles. The van der Waals surface area contributed by atoms with E-state index in [0.29, 0.717) is 6.04 Å². The highest BCUT2D eigenvalue weighted by atomic mass is 16.5. The number of aromatic nitrogens is 1. The number of anilines is 1. The minimum Gasteiger partial charge on any atom is -0.497 e. The largest absolute Gasteiger partial charge is 0.497 e. The number of benzene rings is 1. The van der Waals surface area contributed by atoms with E-state index in [9.17, 15) is 0 Å². The number of nitrogens with one attached hydrogen (secondary N) is 1. The summed E-state index contributed by atoms with van der Waals surface area (Å²) in [6, 6.07) is 8.60. The lowest BCUT2D eigenvalue weighted by Gasteiger charge is -2.25. The van der Waals surface area contributed by atoms with E-state index in [-0.39, 0.29) is 0 Å². The Morgan fingerprint density at radius 1 is 1.33 bits per heavy atom. The molecular formula is C17H25N3O. The van der Waals surface area contributed by atoms with Gasteiger partial charge in [0.05, 0.1) is 18.3 Å². The fourth-order valence-electron chi connectivity index (χ4n) is 2.53. The SMILES string of the molecule is CCN(CCNc1cc(OC)cc2cccnc12)C(C)C. The number of rotatable bonds is 7. The van der Waals surface area contributed by atoms with Crippen molar-refractivity contribution in [3.63, 3.8) is 0 Å². The van der Waals surface area contributed by atoms with Gasteiger partial charge in [0.15, 0.2) is 0 Å². The molecule has 0 bridgehead atoms. The maximum Gasteiger partial charge on any atom is 0.121 e. The Morgan fingerprint density at radius 3 is 2.81 bits per heavy atom. The second kappa shape index (κ2) is 7.27. The average molecular weight is 287 g/mol. The first-order valence-electron chi connectivity index (χ1n) is 7.56. The van der Waals surface area contributed by atoms with Crippen molar-refractivity contribution in [1.29, 1.82) is 0 Å². The van der Waals surface area contributed by atoms with Crippen molar-refractivity contribution in [2.75, 3.05) is 32.1 Å². The van der Waals surface area contributed by atoms with Gasteiger partial charge in [0.2, 0.25) is 0 Å². The highest BCUT2D eigenvalue weighted by Gasteiger charge is 2.08. The van der Waals surface area contributed by atoms with Gasteiger partial charge in [-0.15, -0.1) is 0 Å². The van der Waals surface area contributed by atoms with Crippen LogP contribution in [0.5, 0.6) is 5.75 Å². The fraction of sp³-hybridized carbons (Fsp3) is 0.471. The van der Waals surface area contributed by atoms with E-state index in [0.717, 1.165) is 42.0 Å². The Kier molecular flexibility index (Phi) is 5.39. The summed E-state index contributed by atoms with van der Waals surface area (Å²) >= 11 is 0. The van der Waals surface area contributed by atoms with E-state index in [1.54, 1.807) is 7.11 Å². The molecule has 0 spiro atoms. The van der Waals surface area contributed by atoms with Crippen molar-refractivity contribution in [1.82, 2.24) is 9.88 Å². The van der Waals surface area contributed by atoms with Crippen LogP contribution in [0.25, 0.3) is 10.9 Å². The molecule has 0 unspecified atom stereocenters. The molecule has 2 aromatic rings. The lowest BCUT2D eigenvalue weighted by Crippen LogP contribution is -2.34. The molecule has 1 heterocycles. The number of hydrogen-bond acceptors (Lipinski definition) is 4. The van der Waals surface area contributed by atoms with E-state index in [1.165, 1.54) is 0 Å². The standard InChI is InChI=1S/C17H25N3O/c1-5-20(13(2)3)10-9-18-16-12-15(21-4)11-14-7-6-8-19-17(14)16/h6-8,11-13,18H,5,9-10H2,1-4H3. The molecule has 0 saturated heterocycles. The summed E-state index contributed by atoms with van der Waals surface area (Å²) in [4.78, 5) is 6.91. The first-order chi connectivity index (χ1) is 10.2. The molecule has 0 saturated carbocycles. The molecule has 0 atom stereocenters. The number of nitrogens with zero attached hydrogens (tertiary/aromatic N) is 2. The van der Waals surface area contributed by atoms with Crippen LogP contribution in [-0.2, 0) is 0 Å². The van der Waals surface area contributed by atoms with Crippen LogP contribution in [0.2, 0.25) is 0 Å². The van der Waals surface area contributed by atoms with Gasteiger partial charge < -0.3 is 10.1 Å². The number of fused-ring (bicyclic) bond motifs is 1. The van der Waals surface area contributed by atoms with Gasteiger partial charge in [0.25, 0.3) is 0 Å². The molecule has 1 aromatic heterocycles. The maximum atomic E-state index is 5.37. The van der Waals surface area contributed by atoms with Gasteiger partial charge in [-0.05, 0) is 32.5 Å². The van der Waals surface area contributed by atoms with Gasteiger partial charge in [0, 0.05) is 36.8 Å². The van der Waals surface area contributed by atoms with Crippen LogP contribution in [0.15, 0.2) is 30.5 Å². The Labute approximate surface area is 127 Å². The Balaban J connectivity index is 2.14. The van der Waals surface area contributed by atoms with E-state index in [2.05, 4.69) is 42.0 Å². The van der Waals surface area contributed by atoms with E-state index < -0.39 is 0 Å². The van der Waals surface area contributed by atoms with Gasteiger partial charge in [0.1, 0.15) is 5.75 Å². The summed E-state index contributed by atoms with van der Waals surface area (Å²) < 4.78 is 5.37. The van der Waals surface area contributed by atoms with Crippen molar-refractivity contribution >= 4 is 16.6 Å². The van der Waals surface area contributed by atoms with Crippen LogP contribution in [-0.4, -0.2) is 42.7 Å². The summed E-state index contributed by atoms with van der Waals surface area (Å²) in [6.07, 6.45) is 1.83. The molecule has 4 heteroatoms. The molecule has 0 aliphatic heterocycles. The molecule has 1 N–H and O–H groups in total. The lowest BCUT2D eigenvalue weighted by atomic mass is 10.1. The fourth-order valence-corrected chi connectivity index (χ4v) is 2.53. The summed E-state index contributed by atoms with van der Waals surface area (Å²) in [7, 11) is 1.69. The second-order valence-corrected chi connectivity index (χ2v) is 5.40. The molecule has 0 aliphatic carbocycles. The summed E-state index contributed by atoms with van der Waals surface area (Å²) in [5, 5.41) is 4.59. The van der Waals surface area contributed by atoms with E-state index >= 15 is 0 Å². The van der Waals surface area contributed by atoms with Crippen molar-refractivity contribution in [3.8, 4) is 5.75 Å². The highest BCUT2D eigenvalue weighted by molar-refractivity contribution is 5.91. The van der Waals surface area contributed by atoms with Crippen molar-refractivity contribution in [2.24, 2.45) is 0 Å². The molecule has 21 heavy (non-hydrogen) atoms. The molecule has 0 radical (unpaired) electrons. The molecule has 0 aliphatic rings. The molecule has 0 amide bonds. The van der Waals surface area contributed by atoms with Gasteiger partial charge in [-0.3, -0.25) is 9.88 Å². The normalized spacial score (nSPS) is 11.3. The van der Waals surface area contributed by atoms with Gasteiger partial charge in [-0.1, -0.05) is 13.0 Å². The van der Waals surface area contributed by atoms with Crippen LogP contribution in [0.4, 0.5) is 5.69 Å². The third-order valence-corrected chi connectivity index (χ3v) is 3.77. The summed E-state index contributed by atoms with van der Waals surface area (Å²) in [5.41, 5.74) is 2.02. The zero-order valence-electron chi connectivity index (χ0n) is 13.4. The van der Waals surface area contributed by atoms with Crippen molar-refractivity contribution < 1.29 is 4.74 Å². The predicted molar refractivity (Wildman–Crippen MR) is 89.2 cm³/mol. The maximum absolute atomic E-state index is 5.37. The molecule has 114 valence electrons. The monoisotopic (exact) mass is 287 g/mol. The van der Waals surface area contributed by atoms with Gasteiger partial charge in [-0.2, -0.15) is 0 Å². The minimum atomic E-state index is 0.567. The van der Waals surface area contributed by atoms with Gasteiger partial charge in [-0.25, -0.2) is 0 Å². The van der Waals surface area contributed by atoms with E-state index in [4.69, 9.17) is 4.74 Å². The number of pyridine rings is 1. The van der Waals surface area contributed by atoms with Crippen LogP contribution in [0, 0.1) is 0 Å². The topological polar surface area (TPSA) is 37.4 Å². The minimum absolute atomic E-state index is 0.567. The van der Waals surface area contributed by atoms with Crippen LogP contribution < -0.4 is 10.1 Å². The highest BCUT2D eigenvalue weighted by Crippen LogP contribution is 2.27. The quantitative estimate of drug-likeness (QED) is 0.847. The third-order valence-electron chi connectivity index (χ3n) is 3.77. The second-order valence-electron chi connectivity index (χ2n) is 5.40.